The Labute approximate surface area is 138 Å². The van der Waals surface area contributed by atoms with Crippen LogP contribution in [0.2, 0.25) is 0 Å². The van der Waals surface area contributed by atoms with Crippen molar-refractivity contribution in [2.24, 2.45) is 0 Å². The molecule has 5 nitrogen and oxygen atoms in total. The van der Waals surface area contributed by atoms with E-state index >= 15 is 0 Å². The van der Waals surface area contributed by atoms with Gasteiger partial charge in [-0.15, -0.1) is 0 Å². The topological polar surface area (TPSA) is 46.2 Å². The molecule has 1 saturated heterocycles. The zero-order chi connectivity index (χ0) is 15.1. The first-order valence-corrected chi connectivity index (χ1v) is 20.6. The van der Waals surface area contributed by atoms with Gasteiger partial charge in [0.05, 0.1) is 66.1 Å². The summed E-state index contributed by atoms with van der Waals surface area (Å²) >= 11 is -3.29. The third-order valence-corrected chi connectivity index (χ3v) is 1.86. The summed E-state index contributed by atoms with van der Waals surface area (Å²) in [5.74, 6) is 0. The van der Waals surface area contributed by atoms with Gasteiger partial charge in [-0.2, -0.15) is 0 Å². The van der Waals surface area contributed by atoms with Crippen molar-refractivity contribution in [3.63, 3.8) is 0 Å². The predicted octanol–water partition coefficient (Wildman–Crippen LogP) is 2.46. The summed E-state index contributed by atoms with van der Waals surface area (Å²) in [4.78, 5) is 0. The molecule has 0 saturated carbocycles. The number of halogens is 4. The molecule has 0 bridgehead atoms. The standard InChI is InChI=1S/C10H20O5.4ClH.Sn/c1-2-12-5-6-14-9-10-15-8-7-13-4-3-11-1;;;;;/h1-10H2;4*1H;/q;;;;;+4/p-4. The second-order valence-corrected chi connectivity index (χ2v) is 28.9. The molecule has 0 aliphatic carbocycles. The first-order chi connectivity index (χ1) is 9.50. The molecule has 0 radical (unpaired) electrons. The van der Waals surface area contributed by atoms with Crippen molar-refractivity contribution >= 4 is 49.6 Å². The third-order valence-electron chi connectivity index (χ3n) is 1.86. The average molecular weight is 481 g/mol. The minimum atomic E-state index is -3.29. The fourth-order valence-electron chi connectivity index (χ4n) is 1.10. The Kier molecular flexibility index (Phi) is 17.0. The number of hydrogen-bond acceptors (Lipinski definition) is 5. The molecule has 10 heteroatoms. The van der Waals surface area contributed by atoms with E-state index in [4.69, 9.17) is 59.4 Å². The number of hydrogen-bond donors (Lipinski definition) is 0. The van der Waals surface area contributed by atoms with Gasteiger partial charge in [0.2, 0.25) is 0 Å². The van der Waals surface area contributed by atoms with Gasteiger partial charge in [-0.05, 0) is 0 Å². The zero-order valence-corrected chi connectivity index (χ0v) is 17.0. The van der Waals surface area contributed by atoms with Crippen LogP contribution in [0.3, 0.4) is 0 Å². The van der Waals surface area contributed by atoms with Gasteiger partial charge in [-0.25, -0.2) is 0 Å². The molecule has 0 atom stereocenters. The molecule has 122 valence electrons. The second-order valence-electron chi connectivity index (χ2n) is 3.49. The summed E-state index contributed by atoms with van der Waals surface area (Å²) in [5.41, 5.74) is 0. The van der Waals surface area contributed by atoms with Gasteiger partial charge in [-0.3, -0.25) is 0 Å². The van der Waals surface area contributed by atoms with E-state index in [1.165, 1.54) is 0 Å². The van der Waals surface area contributed by atoms with E-state index in [1.54, 1.807) is 0 Å². The molecule has 1 heterocycles. The van der Waals surface area contributed by atoms with E-state index in [0.717, 1.165) is 0 Å². The van der Waals surface area contributed by atoms with E-state index in [-0.39, 0.29) is 0 Å². The van der Waals surface area contributed by atoms with Crippen molar-refractivity contribution < 1.29 is 23.7 Å². The number of ether oxygens (including phenoxy) is 5. The predicted molar refractivity (Wildman–Crippen MR) is 83.3 cm³/mol. The van der Waals surface area contributed by atoms with Crippen LogP contribution in [0.15, 0.2) is 0 Å². The van der Waals surface area contributed by atoms with Crippen molar-refractivity contribution in [3.8, 4) is 0 Å². The fourth-order valence-corrected chi connectivity index (χ4v) is 1.10. The van der Waals surface area contributed by atoms with Gasteiger partial charge < -0.3 is 23.7 Å². The Hall–Kier alpha value is 1.76. The summed E-state index contributed by atoms with van der Waals surface area (Å²) in [6.45, 7) is 6.11. The molecule has 1 aliphatic rings. The van der Waals surface area contributed by atoms with Crippen LogP contribution in [0.4, 0.5) is 0 Å². The molecule has 1 rings (SSSR count). The molecule has 0 amide bonds. The maximum absolute atomic E-state index is 5.28. The molecule has 0 aromatic carbocycles. The normalized spacial score (nSPS) is 21.0. The van der Waals surface area contributed by atoms with Crippen molar-refractivity contribution in [2.45, 2.75) is 0 Å². The van der Waals surface area contributed by atoms with Crippen LogP contribution in [0.25, 0.3) is 0 Å². The first-order valence-electron chi connectivity index (χ1n) is 6.14. The van der Waals surface area contributed by atoms with E-state index in [2.05, 4.69) is 0 Å². The van der Waals surface area contributed by atoms with E-state index in [1.807, 2.05) is 0 Å². The summed E-state index contributed by atoms with van der Waals surface area (Å²) < 4.78 is 26.4. The molecule has 1 fully saturated rings. The SMILES string of the molecule is C1COCCOCCOCCOCCO1.[Cl][Sn]([Cl])([Cl])[Cl]. The first kappa shape index (κ1) is 21.8. The van der Waals surface area contributed by atoms with Gasteiger partial charge in [0.25, 0.3) is 0 Å². The Bertz CT molecular complexity index is 144. The van der Waals surface area contributed by atoms with Crippen molar-refractivity contribution in [1.82, 2.24) is 0 Å². The third kappa shape index (κ3) is 24.8. The summed E-state index contributed by atoms with van der Waals surface area (Å²) in [6, 6.07) is 0. The average Bonchev–Trinajstić information content (AvgIpc) is 2.35. The fraction of sp³-hybridized carbons (Fsp3) is 1.00. The second kappa shape index (κ2) is 15.6. The van der Waals surface area contributed by atoms with Crippen LogP contribution in [0.5, 0.6) is 0 Å². The van der Waals surface area contributed by atoms with Gasteiger partial charge in [0.1, 0.15) is 0 Å². The van der Waals surface area contributed by atoms with Crippen LogP contribution in [0, 0.1) is 0 Å². The molecule has 1 aliphatic heterocycles. The van der Waals surface area contributed by atoms with Gasteiger partial charge in [0.15, 0.2) is 0 Å². The van der Waals surface area contributed by atoms with Gasteiger partial charge in [-0.1, -0.05) is 0 Å². The van der Waals surface area contributed by atoms with E-state index in [9.17, 15) is 0 Å². The molecular weight excluding hydrogens is 461 g/mol. The molecule has 0 aromatic heterocycles. The summed E-state index contributed by atoms with van der Waals surface area (Å²) in [5, 5.41) is 0. The monoisotopic (exact) mass is 480 g/mol. The molecule has 0 N–H and O–H groups in total. The molecular formula is C10H20Cl4O5Sn. The Morgan fingerprint density at radius 3 is 0.600 bits per heavy atom. The van der Waals surface area contributed by atoms with Gasteiger partial charge >= 0.3 is 49.6 Å². The van der Waals surface area contributed by atoms with Crippen LogP contribution in [-0.4, -0.2) is 79.9 Å². The minimum absolute atomic E-state index is 0.611. The van der Waals surface area contributed by atoms with Crippen molar-refractivity contribution in [3.05, 3.63) is 0 Å². The Balaban J connectivity index is 0.000000621. The maximum atomic E-state index is 5.28. The molecule has 20 heavy (non-hydrogen) atoms. The van der Waals surface area contributed by atoms with Crippen molar-refractivity contribution in [2.75, 3.05) is 66.1 Å². The van der Waals surface area contributed by atoms with Crippen molar-refractivity contribution in [1.29, 1.82) is 0 Å². The van der Waals surface area contributed by atoms with Crippen LogP contribution < -0.4 is 0 Å². The summed E-state index contributed by atoms with van der Waals surface area (Å²) in [6.07, 6.45) is 0. The summed E-state index contributed by atoms with van der Waals surface area (Å²) in [7, 11) is 20.1. The molecule has 0 unspecified atom stereocenters. The van der Waals surface area contributed by atoms with Gasteiger partial charge in [0, 0.05) is 0 Å². The molecule has 0 spiro atoms. The number of rotatable bonds is 0. The zero-order valence-electron chi connectivity index (χ0n) is 11.1. The van der Waals surface area contributed by atoms with Crippen LogP contribution in [-0.2, 0) is 23.7 Å². The quantitative estimate of drug-likeness (QED) is 0.499. The Morgan fingerprint density at radius 2 is 0.500 bits per heavy atom. The van der Waals surface area contributed by atoms with E-state index in [0.29, 0.717) is 66.1 Å². The van der Waals surface area contributed by atoms with Crippen LogP contribution in [0.1, 0.15) is 0 Å². The van der Waals surface area contributed by atoms with Crippen LogP contribution >= 0.6 is 35.7 Å². The van der Waals surface area contributed by atoms with E-state index < -0.39 is 13.9 Å². The molecule has 0 aromatic rings. The Morgan fingerprint density at radius 1 is 0.400 bits per heavy atom.